The summed E-state index contributed by atoms with van der Waals surface area (Å²) in [7, 11) is 0. The molecule has 1 N–H and O–H groups in total. The van der Waals surface area contributed by atoms with Crippen molar-refractivity contribution in [2.45, 2.75) is 20.3 Å². The fourth-order valence-electron chi connectivity index (χ4n) is 2.15. The van der Waals surface area contributed by atoms with Crippen molar-refractivity contribution < 1.29 is 4.79 Å². The van der Waals surface area contributed by atoms with Crippen molar-refractivity contribution in [1.29, 1.82) is 0 Å². The Morgan fingerprint density at radius 1 is 1.47 bits per heavy atom. The maximum atomic E-state index is 12.3. The SMILES string of the molecule is Cc1cccc(C(=O)C2(C)CCNC2)c1. The number of carbonyl (C=O) groups is 1. The molecule has 0 bridgehead atoms. The Bertz CT molecular complexity index is 378. The lowest BCUT2D eigenvalue weighted by atomic mass is 9.81. The molecule has 0 radical (unpaired) electrons. The second kappa shape index (κ2) is 3.78. The molecular formula is C13H17NO. The number of ketones is 1. The minimum absolute atomic E-state index is 0.201. The second-order valence-electron chi connectivity index (χ2n) is 4.69. The Labute approximate surface area is 90.7 Å². The van der Waals surface area contributed by atoms with Crippen molar-refractivity contribution >= 4 is 5.78 Å². The lowest BCUT2D eigenvalue weighted by Crippen LogP contribution is -2.30. The van der Waals surface area contributed by atoms with E-state index in [1.807, 2.05) is 31.2 Å². The Morgan fingerprint density at radius 2 is 2.27 bits per heavy atom. The van der Waals surface area contributed by atoms with E-state index in [1.54, 1.807) is 0 Å². The van der Waals surface area contributed by atoms with Crippen LogP contribution in [0.25, 0.3) is 0 Å². The fraction of sp³-hybridized carbons (Fsp3) is 0.462. The van der Waals surface area contributed by atoms with Gasteiger partial charge in [-0.25, -0.2) is 0 Å². The molecule has 1 aromatic carbocycles. The van der Waals surface area contributed by atoms with Crippen LogP contribution in [-0.4, -0.2) is 18.9 Å². The van der Waals surface area contributed by atoms with E-state index in [0.717, 1.165) is 30.6 Å². The summed E-state index contributed by atoms with van der Waals surface area (Å²) < 4.78 is 0. The maximum Gasteiger partial charge on any atom is 0.170 e. The van der Waals surface area contributed by atoms with Crippen molar-refractivity contribution in [3.05, 3.63) is 35.4 Å². The van der Waals surface area contributed by atoms with Crippen molar-refractivity contribution in [2.24, 2.45) is 5.41 Å². The first-order chi connectivity index (χ1) is 7.12. The second-order valence-corrected chi connectivity index (χ2v) is 4.69. The zero-order valence-corrected chi connectivity index (χ0v) is 9.34. The molecule has 1 fully saturated rings. The van der Waals surface area contributed by atoms with Crippen LogP contribution >= 0.6 is 0 Å². The molecule has 2 nitrogen and oxygen atoms in total. The maximum absolute atomic E-state index is 12.3. The van der Waals surface area contributed by atoms with Gasteiger partial charge in [-0.15, -0.1) is 0 Å². The van der Waals surface area contributed by atoms with Crippen LogP contribution in [0.1, 0.15) is 29.3 Å². The van der Waals surface area contributed by atoms with E-state index in [4.69, 9.17) is 0 Å². The summed E-state index contributed by atoms with van der Waals surface area (Å²) in [5.74, 6) is 0.274. The monoisotopic (exact) mass is 203 g/mol. The Balaban J connectivity index is 2.27. The highest BCUT2D eigenvalue weighted by atomic mass is 16.1. The summed E-state index contributed by atoms with van der Waals surface area (Å²) in [5, 5.41) is 3.26. The molecule has 1 saturated heterocycles. The van der Waals surface area contributed by atoms with Gasteiger partial charge in [-0.2, -0.15) is 0 Å². The Hall–Kier alpha value is -1.15. The van der Waals surface area contributed by atoms with Gasteiger partial charge in [-0.1, -0.05) is 30.7 Å². The molecule has 1 aromatic rings. The van der Waals surface area contributed by atoms with Crippen LogP contribution in [0.2, 0.25) is 0 Å². The molecule has 2 rings (SSSR count). The highest BCUT2D eigenvalue weighted by molar-refractivity contribution is 6.00. The predicted molar refractivity (Wildman–Crippen MR) is 61.1 cm³/mol. The van der Waals surface area contributed by atoms with E-state index >= 15 is 0 Å². The number of hydrogen-bond donors (Lipinski definition) is 1. The molecule has 0 amide bonds. The molecule has 15 heavy (non-hydrogen) atoms. The van der Waals surface area contributed by atoms with Crippen LogP contribution in [0.5, 0.6) is 0 Å². The minimum atomic E-state index is -0.201. The van der Waals surface area contributed by atoms with E-state index < -0.39 is 0 Å². The van der Waals surface area contributed by atoms with Crippen LogP contribution in [-0.2, 0) is 0 Å². The third-order valence-electron chi connectivity index (χ3n) is 3.20. The third-order valence-corrected chi connectivity index (χ3v) is 3.20. The van der Waals surface area contributed by atoms with Gasteiger partial charge >= 0.3 is 0 Å². The van der Waals surface area contributed by atoms with Gasteiger partial charge < -0.3 is 5.32 Å². The average Bonchev–Trinajstić information content (AvgIpc) is 2.65. The summed E-state index contributed by atoms with van der Waals surface area (Å²) in [4.78, 5) is 12.3. The predicted octanol–water partition coefficient (Wildman–Crippen LogP) is 2.18. The molecular weight excluding hydrogens is 186 g/mol. The first kappa shape index (κ1) is 10.4. The number of aryl methyl sites for hydroxylation is 1. The van der Waals surface area contributed by atoms with Crippen molar-refractivity contribution in [3.63, 3.8) is 0 Å². The normalized spacial score (nSPS) is 25.5. The summed E-state index contributed by atoms with van der Waals surface area (Å²) in [5.41, 5.74) is 1.80. The molecule has 1 aliphatic rings. The van der Waals surface area contributed by atoms with E-state index in [0.29, 0.717) is 0 Å². The summed E-state index contributed by atoms with van der Waals surface area (Å²) >= 11 is 0. The smallest absolute Gasteiger partial charge is 0.170 e. The standard InChI is InChI=1S/C13H17NO/c1-10-4-3-5-11(8-10)12(15)13(2)6-7-14-9-13/h3-5,8,14H,6-7,9H2,1-2H3. The van der Waals surface area contributed by atoms with E-state index in [2.05, 4.69) is 12.2 Å². The number of hydrogen-bond acceptors (Lipinski definition) is 2. The first-order valence-electron chi connectivity index (χ1n) is 5.44. The number of benzene rings is 1. The number of nitrogens with one attached hydrogen (secondary N) is 1. The number of Topliss-reactive ketones (excluding diaryl/α,β-unsaturated/α-hetero) is 1. The molecule has 0 saturated carbocycles. The Kier molecular flexibility index (Phi) is 2.61. The van der Waals surface area contributed by atoms with Crippen LogP contribution in [0.3, 0.4) is 0 Å². The van der Waals surface area contributed by atoms with Gasteiger partial charge in [0, 0.05) is 17.5 Å². The zero-order chi connectivity index (χ0) is 10.9. The van der Waals surface area contributed by atoms with Crippen LogP contribution in [0, 0.1) is 12.3 Å². The number of carbonyl (C=O) groups excluding carboxylic acids is 1. The largest absolute Gasteiger partial charge is 0.316 e. The number of rotatable bonds is 2. The molecule has 1 heterocycles. The zero-order valence-electron chi connectivity index (χ0n) is 9.34. The minimum Gasteiger partial charge on any atom is -0.316 e. The van der Waals surface area contributed by atoms with Gasteiger partial charge in [-0.05, 0) is 26.0 Å². The average molecular weight is 203 g/mol. The van der Waals surface area contributed by atoms with Crippen LogP contribution in [0.4, 0.5) is 0 Å². The molecule has 0 aliphatic carbocycles. The lowest BCUT2D eigenvalue weighted by molar-refractivity contribution is 0.0839. The lowest BCUT2D eigenvalue weighted by Gasteiger charge is -2.20. The topological polar surface area (TPSA) is 29.1 Å². The van der Waals surface area contributed by atoms with Crippen molar-refractivity contribution in [2.75, 3.05) is 13.1 Å². The fourth-order valence-corrected chi connectivity index (χ4v) is 2.15. The molecule has 2 heteroatoms. The van der Waals surface area contributed by atoms with Gasteiger partial charge in [0.1, 0.15) is 0 Å². The van der Waals surface area contributed by atoms with Gasteiger partial charge in [0.25, 0.3) is 0 Å². The van der Waals surface area contributed by atoms with Crippen LogP contribution < -0.4 is 5.32 Å². The third kappa shape index (κ3) is 1.95. The molecule has 1 aliphatic heterocycles. The first-order valence-corrected chi connectivity index (χ1v) is 5.44. The molecule has 0 aromatic heterocycles. The van der Waals surface area contributed by atoms with Crippen LogP contribution in [0.15, 0.2) is 24.3 Å². The van der Waals surface area contributed by atoms with Gasteiger partial charge in [0.05, 0.1) is 0 Å². The van der Waals surface area contributed by atoms with E-state index in [9.17, 15) is 4.79 Å². The quantitative estimate of drug-likeness (QED) is 0.746. The van der Waals surface area contributed by atoms with Gasteiger partial charge in [0.15, 0.2) is 5.78 Å². The van der Waals surface area contributed by atoms with E-state index in [1.165, 1.54) is 0 Å². The van der Waals surface area contributed by atoms with Gasteiger partial charge in [-0.3, -0.25) is 4.79 Å². The highest BCUT2D eigenvalue weighted by Gasteiger charge is 2.36. The van der Waals surface area contributed by atoms with E-state index in [-0.39, 0.29) is 11.2 Å². The molecule has 1 atom stereocenters. The Morgan fingerprint density at radius 3 is 2.87 bits per heavy atom. The summed E-state index contributed by atoms with van der Waals surface area (Å²) in [6.07, 6.45) is 0.944. The van der Waals surface area contributed by atoms with Crippen molar-refractivity contribution in [3.8, 4) is 0 Å². The molecule has 1 unspecified atom stereocenters. The van der Waals surface area contributed by atoms with Crippen molar-refractivity contribution in [1.82, 2.24) is 5.32 Å². The highest BCUT2D eigenvalue weighted by Crippen LogP contribution is 2.29. The molecule has 0 spiro atoms. The summed E-state index contributed by atoms with van der Waals surface area (Å²) in [6.45, 7) is 5.83. The molecule has 80 valence electrons. The summed E-state index contributed by atoms with van der Waals surface area (Å²) in [6, 6.07) is 7.87. The van der Waals surface area contributed by atoms with Gasteiger partial charge in [0.2, 0.25) is 0 Å².